The molecule has 60 valence electrons. The zero-order valence-corrected chi connectivity index (χ0v) is 6.91. The van der Waals surface area contributed by atoms with Gasteiger partial charge in [-0.05, 0) is 6.08 Å². The van der Waals surface area contributed by atoms with E-state index in [0.717, 1.165) is 0 Å². The summed E-state index contributed by atoms with van der Waals surface area (Å²) in [6.45, 7) is 1.34. The molecule has 0 bridgehead atoms. The molecular weight excluding hydrogens is 164 g/mol. The van der Waals surface area contributed by atoms with Crippen LogP contribution in [0.4, 0.5) is 0 Å². The van der Waals surface area contributed by atoms with Crippen LogP contribution in [0.2, 0.25) is 0 Å². The lowest BCUT2D eigenvalue weighted by atomic mass is 10.5. The fourth-order valence-electron chi connectivity index (χ4n) is 0.351. The maximum atomic E-state index is 10.2. The molecule has 3 heteroatoms. The largest absolute Gasteiger partial charge is 0.435 e. The maximum Gasteiger partial charge on any atom is 0.307 e. The normalized spacial score (nSPS) is 11.8. The monoisotopic (exact) mass is 172 g/mol. The van der Waals surface area contributed by atoms with E-state index in [1.807, 2.05) is 0 Å². The van der Waals surface area contributed by atoms with E-state index in [0.29, 0.717) is 0 Å². The predicted molar refractivity (Wildman–Crippen MR) is 45.0 cm³/mol. The Morgan fingerprint density at radius 1 is 1.27 bits per heavy atom. The summed E-state index contributed by atoms with van der Waals surface area (Å²) < 4.78 is 4.49. The van der Waals surface area contributed by atoms with Gasteiger partial charge in [0.2, 0.25) is 0 Å². The minimum absolute atomic E-state index is 0.331. The molecule has 0 aromatic carbocycles. The van der Waals surface area contributed by atoms with Crippen LogP contribution in [0.15, 0.2) is 36.1 Å². The number of hydrogen-bond donors (Lipinski definition) is 0. The number of rotatable bonds is 3. The van der Waals surface area contributed by atoms with Gasteiger partial charge in [-0.25, -0.2) is 0 Å². The molecule has 0 aliphatic rings. The molecule has 0 atom stereocenters. The predicted octanol–water partition coefficient (Wildman–Crippen LogP) is 2.37. The Kier molecular flexibility index (Phi) is 6.43. The molecule has 0 aromatic heterocycles. The number of carbonyl (C=O) groups is 1. The van der Waals surface area contributed by atoms with Crippen LogP contribution >= 0.6 is 11.6 Å². The van der Waals surface area contributed by atoms with Crippen LogP contribution < -0.4 is 0 Å². The van der Waals surface area contributed by atoms with E-state index >= 15 is 0 Å². The Morgan fingerprint density at radius 2 is 1.91 bits per heavy atom. The van der Waals surface area contributed by atoms with E-state index in [1.54, 1.807) is 24.3 Å². The van der Waals surface area contributed by atoms with E-state index in [2.05, 4.69) is 4.74 Å². The van der Waals surface area contributed by atoms with E-state index in [1.165, 1.54) is 18.7 Å². The van der Waals surface area contributed by atoms with Gasteiger partial charge in [0.1, 0.15) is 0 Å². The summed E-state index contributed by atoms with van der Waals surface area (Å²) in [4.78, 5) is 10.2. The van der Waals surface area contributed by atoms with Crippen LogP contribution in [0.3, 0.4) is 0 Å². The molecule has 0 rings (SSSR count). The number of hydrogen-bond acceptors (Lipinski definition) is 2. The molecule has 0 spiro atoms. The van der Waals surface area contributed by atoms with Gasteiger partial charge >= 0.3 is 5.97 Å². The van der Waals surface area contributed by atoms with Crippen molar-refractivity contribution in [1.82, 2.24) is 0 Å². The Labute approximate surface area is 70.8 Å². The minimum atomic E-state index is -0.331. The highest BCUT2D eigenvalue weighted by atomic mass is 35.5. The second-order valence-electron chi connectivity index (χ2n) is 1.64. The van der Waals surface area contributed by atoms with Gasteiger partial charge in [-0.3, -0.25) is 4.79 Å². The molecule has 2 nitrogen and oxygen atoms in total. The van der Waals surface area contributed by atoms with E-state index < -0.39 is 0 Å². The molecule has 0 heterocycles. The summed E-state index contributed by atoms with van der Waals surface area (Å²) in [5, 5.41) is 0. The van der Waals surface area contributed by atoms with Crippen LogP contribution in [0.25, 0.3) is 0 Å². The summed E-state index contributed by atoms with van der Waals surface area (Å²) in [6.07, 6.45) is 7.97. The van der Waals surface area contributed by atoms with Gasteiger partial charge in [0.15, 0.2) is 0 Å². The first-order valence-electron chi connectivity index (χ1n) is 3.03. The zero-order chi connectivity index (χ0) is 8.53. The van der Waals surface area contributed by atoms with Crippen molar-refractivity contribution in [1.29, 1.82) is 0 Å². The standard InChI is InChI=1S/C8H9ClO2/c1-8(10)11-7-5-3-2-4-6-9/h2-7H,1H3. The summed E-state index contributed by atoms with van der Waals surface area (Å²) in [6, 6.07) is 0. The number of carbonyl (C=O) groups excluding carboxylic acids is 1. The highest BCUT2D eigenvalue weighted by Gasteiger charge is 1.81. The third-order valence-electron chi connectivity index (χ3n) is 0.719. The van der Waals surface area contributed by atoms with Crippen molar-refractivity contribution in [3.8, 4) is 0 Å². The smallest absolute Gasteiger partial charge is 0.307 e. The van der Waals surface area contributed by atoms with Crippen molar-refractivity contribution < 1.29 is 9.53 Å². The number of esters is 1. The number of halogens is 1. The number of allylic oxidation sites excluding steroid dienone is 4. The Bertz CT molecular complexity index is 192. The molecule has 0 aliphatic carbocycles. The van der Waals surface area contributed by atoms with Crippen LogP contribution in [-0.2, 0) is 9.53 Å². The second-order valence-corrected chi connectivity index (χ2v) is 1.89. The highest BCUT2D eigenvalue weighted by Crippen LogP contribution is 1.84. The lowest BCUT2D eigenvalue weighted by Crippen LogP contribution is -1.88. The summed E-state index contributed by atoms with van der Waals surface area (Å²) >= 11 is 5.22. The van der Waals surface area contributed by atoms with Gasteiger partial charge in [-0.15, -0.1) is 0 Å². The van der Waals surface area contributed by atoms with Crippen molar-refractivity contribution in [3.05, 3.63) is 36.1 Å². The van der Waals surface area contributed by atoms with Crippen molar-refractivity contribution in [2.45, 2.75) is 6.92 Å². The molecule has 0 fully saturated rings. The maximum absolute atomic E-state index is 10.2. The lowest BCUT2D eigenvalue weighted by Gasteiger charge is -1.86. The van der Waals surface area contributed by atoms with Crippen molar-refractivity contribution in [2.75, 3.05) is 0 Å². The molecule has 0 unspecified atom stereocenters. The molecule has 0 N–H and O–H groups in total. The summed E-state index contributed by atoms with van der Waals surface area (Å²) in [5.41, 5.74) is 1.39. The van der Waals surface area contributed by atoms with Gasteiger partial charge in [-0.2, -0.15) is 0 Å². The molecule has 0 aliphatic heterocycles. The topological polar surface area (TPSA) is 26.3 Å². The summed E-state index contributed by atoms with van der Waals surface area (Å²) in [7, 11) is 0. The third kappa shape index (κ3) is 8.98. The zero-order valence-electron chi connectivity index (χ0n) is 6.16. The van der Waals surface area contributed by atoms with Gasteiger partial charge in [0, 0.05) is 12.5 Å². The van der Waals surface area contributed by atoms with Crippen molar-refractivity contribution >= 4 is 17.6 Å². The molecule has 0 radical (unpaired) electrons. The van der Waals surface area contributed by atoms with Gasteiger partial charge in [0.25, 0.3) is 0 Å². The molecule has 0 saturated carbocycles. The highest BCUT2D eigenvalue weighted by molar-refractivity contribution is 6.25. The Balaban J connectivity index is 3.51. The average Bonchev–Trinajstić information content (AvgIpc) is 1.96. The third-order valence-corrected chi connectivity index (χ3v) is 0.864. The van der Waals surface area contributed by atoms with Crippen molar-refractivity contribution in [3.63, 3.8) is 0 Å². The number of ether oxygens (including phenoxy) is 1. The first-order chi connectivity index (χ1) is 5.27. The quantitative estimate of drug-likeness (QED) is 0.371. The summed E-state index contributed by atoms with van der Waals surface area (Å²) in [5.74, 6) is -0.331. The second kappa shape index (κ2) is 7.09. The van der Waals surface area contributed by atoms with Crippen LogP contribution in [0.1, 0.15) is 6.92 Å². The SMILES string of the molecule is CC(=O)OC=CC=CC=CCl. The van der Waals surface area contributed by atoms with E-state index in [9.17, 15) is 4.79 Å². The fraction of sp³-hybridized carbons (Fsp3) is 0.125. The Morgan fingerprint density at radius 3 is 2.45 bits per heavy atom. The van der Waals surface area contributed by atoms with E-state index in [-0.39, 0.29) is 5.97 Å². The average molecular weight is 173 g/mol. The molecule has 0 aromatic rings. The van der Waals surface area contributed by atoms with Crippen LogP contribution in [-0.4, -0.2) is 5.97 Å². The first kappa shape index (κ1) is 9.98. The van der Waals surface area contributed by atoms with E-state index in [4.69, 9.17) is 11.6 Å². The van der Waals surface area contributed by atoms with Crippen LogP contribution in [0.5, 0.6) is 0 Å². The van der Waals surface area contributed by atoms with Gasteiger partial charge in [0.05, 0.1) is 6.26 Å². The molecular formula is C8H9ClO2. The molecule has 0 saturated heterocycles. The van der Waals surface area contributed by atoms with Gasteiger partial charge in [-0.1, -0.05) is 29.8 Å². The first-order valence-corrected chi connectivity index (χ1v) is 3.47. The van der Waals surface area contributed by atoms with Crippen molar-refractivity contribution in [2.24, 2.45) is 0 Å². The lowest BCUT2D eigenvalue weighted by molar-refractivity contribution is -0.135. The molecule has 0 amide bonds. The fourth-order valence-corrected chi connectivity index (χ4v) is 0.435. The van der Waals surface area contributed by atoms with Gasteiger partial charge < -0.3 is 4.74 Å². The minimum Gasteiger partial charge on any atom is -0.435 e. The molecule has 11 heavy (non-hydrogen) atoms. The van der Waals surface area contributed by atoms with Crippen LogP contribution in [0, 0.1) is 0 Å². The Hall–Kier alpha value is -1.02.